The van der Waals surface area contributed by atoms with Gasteiger partial charge in [-0.1, -0.05) is 42.5 Å². The van der Waals surface area contributed by atoms with Crippen LogP contribution in [0.1, 0.15) is 5.69 Å². The molecule has 0 aliphatic rings. The topological polar surface area (TPSA) is 3.88 Å². The van der Waals surface area contributed by atoms with Gasteiger partial charge >= 0.3 is 0 Å². The number of benzene rings is 3. The lowest BCUT2D eigenvalue weighted by atomic mass is 10.1. The Hall–Kier alpha value is -2.38. The Bertz CT molecular complexity index is 970. The molecule has 0 bridgehead atoms. The van der Waals surface area contributed by atoms with Crippen molar-refractivity contribution in [2.45, 2.75) is 5.88 Å². The molecule has 0 aliphatic heterocycles. The lowest BCUT2D eigenvalue weighted by Gasteiger charge is -2.07. The molecule has 2 heteroatoms. The summed E-state index contributed by atoms with van der Waals surface area (Å²) in [6.07, 6.45) is 0. The number of halogens is 1. The number of aromatic nitrogens is 1. The van der Waals surface area contributed by atoms with E-state index in [-0.39, 0.29) is 0 Å². The SMILES string of the molecule is ClCc1ccc2ccccc2[n+]1-c1cccc2ccccc12. The molecule has 0 atom stereocenters. The van der Waals surface area contributed by atoms with E-state index in [1.165, 1.54) is 27.4 Å². The van der Waals surface area contributed by atoms with Gasteiger partial charge in [-0.25, -0.2) is 0 Å². The first-order chi connectivity index (χ1) is 10.9. The first-order valence-electron chi connectivity index (χ1n) is 7.35. The van der Waals surface area contributed by atoms with E-state index in [0.717, 1.165) is 5.69 Å². The number of pyridine rings is 1. The minimum absolute atomic E-state index is 0.480. The van der Waals surface area contributed by atoms with Crippen molar-refractivity contribution in [3.05, 3.63) is 84.6 Å². The summed E-state index contributed by atoms with van der Waals surface area (Å²) in [5.74, 6) is 0.480. The third-order valence-electron chi connectivity index (χ3n) is 4.06. The first kappa shape index (κ1) is 13.3. The van der Waals surface area contributed by atoms with Crippen LogP contribution < -0.4 is 4.57 Å². The van der Waals surface area contributed by atoms with Crippen LogP contribution in [0.3, 0.4) is 0 Å². The van der Waals surface area contributed by atoms with E-state index in [0.29, 0.717) is 5.88 Å². The van der Waals surface area contributed by atoms with Gasteiger partial charge in [-0.05, 0) is 23.6 Å². The van der Waals surface area contributed by atoms with Crippen LogP contribution in [0.5, 0.6) is 0 Å². The molecule has 0 fully saturated rings. The molecule has 3 aromatic carbocycles. The van der Waals surface area contributed by atoms with Gasteiger partial charge < -0.3 is 0 Å². The highest BCUT2D eigenvalue weighted by Gasteiger charge is 2.19. The average molecular weight is 305 g/mol. The van der Waals surface area contributed by atoms with Crippen LogP contribution in [0.25, 0.3) is 27.4 Å². The fraction of sp³-hybridized carbons (Fsp3) is 0.0500. The third-order valence-corrected chi connectivity index (χ3v) is 4.34. The van der Waals surface area contributed by atoms with Crippen LogP contribution in [0, 0.1) is 0 Å². The zero-order valence-electron chi connectivity index (χ0n) is 12.0. The monoisotopic (exact) mass is 304 g/mol. The Morgan fingerprint density at radius 1 is 0.682 bits per heavy atom. The van der Waals surface area contributed by atoms with E-state index in [2.05, 4.69) is 83.4 Å². The highest BCUT2D eigenvalue weighted by atomic mass is 35.5. The summed E-state index contributed by atoms with van der Waals surface area (Å²) in [6, 6.07) is 27.5. The summed E-state index contributed by atoms with van der Waals surface area (Å²) >= 11 is 6.21. The molecule has 1 aromatic heterocycles. The van der Waals surface area contributed by atoms with Gasteiger partial charge in [-0.2, -0.15) is 4.57 Å². The molecule has 22 heavy (non-hydrogen) atoms. The molecule has 4 aromatic rings. The minimum atomic E-state index is 0.480. The molecule has 0 spiro atoms. The Morgan fingerprint density at radius 2 is 1.41 bits per heavy atom. The summed E-state index contributed by atoms with van der Waals surface area (Å²) in [7, 11) is 0. The van der Waals surface area contributed by atoms with E-state index < -0.39 is 0 Å². The number of fused-ring (bicyclic) bond motifs is 2. The van der Waals surface area contributed by atoms with Crippen molar-refractivity contribution in [2.75, 3.05) is 0 Å². The minimum Gasteiger partial charge on any atom is -0.155 e. The molecule has 1 nitrogen and oxygen atoms in total. The van der Waals surface area contributed by atoms with Crippen molar-refractivity contribution in [1.82, 2.24) is 0 Å². The highest BCUT2D eigenvalue weighted by molar-refractivity contribution is 6.16. The normalized spacial score (nSPS) is 11.1. The van der Waals surface area contributed by atoms with Gasteiger partial charge in [0.15, 0.2) is 0 Å². The van der Waals surface area contributed by atoms with Gasteiger partial charge in [0.05, 0.1) is 5.39 Å². The number of alkyl halides is 1. The molecule has 0 N–H and O–H groups in total. The zero-order chi connectivity index (χ0) is 14.9. The maximum atomic E-state index is 6.21. The van der Waals surface area contributed by atoms with Crippen molar-refractivity contribution >= 4 is 33.3 Å². The van der Waals surface area contributed by atoms with E-state index in [1.54, 1.807) is 0 Å². The quantitative estimate of drug-likeness (QED) is 0.362. The van der Waals surface area contributed by atoms with Crippen molar-refractivity contribution in [3.63, 3.8) is 0 Å². The highest BCUT2D eigenvalue weighted by Crippen LogP contribution is 2.22. The van der Waals surface area contributed by atoms with E-state index in [4.69, 9.17) is 11.6 Å². The smallest absolute Gasteiger partial charge is 0.155 e. The predicted octanol–water partition coefficient (Wildman–Crippen LogP) is 5.01. The molecular formula is C20H15ClN+. The fourth-order valence-corrected chi connectivity index (χ4v) is 3.25. The number of hydrogen-bond donors (Lipinski definition) is 0. The molecule has 0 saturated carbocycles. The molecule has 1 heterocycles. The van der Waals surface area contributed by atoms with Crippen molar-refractivity contribution in [1.29, 1.82) is 0 Å². The lowest BCUT2D eigenvalue weighted by Crippen LogP contribution is -2.36. The van der Waals surface area contributed by atoms with E-state index in [1.807, 2.05) is 0 Å². The van der Waals surface area contributed by atoms with Crippen LogP contribution in [-0.2, 0) is 5.88 Å². The molecule has 0 radical (unpaired) electrons. The van der Waals surface area contributed by atoms with Crippen LogP contribution in [0.4, 0.5) is 0 Å². The van der Waals surface area contributed by atoms with Crippen LogP contribution in [0.2, 0.25) is 0 Å². The Morgan fingerprint density at radius 3 is 2.27 bits per heavy atom. The van der Waals surface area contributed by atoms with Crippen LogP contribution in [0.15, 0.2) is 78.9 Å². The lowest BCUT2D eigenvalue weighted by molar-refractivity contribution is -0.573. The average Bonchev–Trinajstić information content (AvgIpc) is 2.60. The van der Waals surface area contributed by atoms with Gasteiger partial charge in [-0.3, -0.25) is 0 Å². The van der Waals surface area contributed by atoms with Crippen molar-refractivity contribution < 1.29 is 4.57 Å². The maximum absolute atomic E-state index is 6.21. The Kier molecular flexibility index (Phi) is 3.28. The summed E-state index contributed by atoms with van der Waals surface area (Å²) < 4.78 is 2.27. The second-order valence-corrected chi connectivity index (χ2v) is 5.62. The van der Waals surface area contributed by atoms with Crippen LogP contribution in [-0.4, -0.2) is 0 Å². The summed E-state index contributed by atoms with van der Waals surface area (Å²) in [5, 5.41) is 3.68. The molecule has 0 unspecified atom stereocenters. The summed E-state index contributed by atoms with van der Waals surface area (Å²) in [5.41, 5.74) is 3.44. The predicted molar refractivity (Wildman–Crippen MR) is 92.5 cm³/mol. The fourth-order valence-electron chi connectivity index (χ4n) is 3.04. The number of rotatable bonds is 2. The number of nitrogens with zero attached hydrogens (tertiary/aromatic N) is 1. The molecule has 4 rings (SSSR count). The van der Waals surface area contributed by atoms with Gasteiger partial charge in [0.25, 0.3) is 0 Å². The van der Waals surface area contributed by atoms with E-state index in [9.17, 15) is 0 Å². The van der Waals surface area contributed by atoms with Crippen molar-refractivity contribution in [3.8, 4) is 5.69 Å². The molecule has 0 saturated heterocycles. The largest absolute Gasteiger partial charge is 0.219 e. The molecule has 106 valence electrons. The second kappa shape index (κ2) is 5.43. The summed E-state index contributed by atoms with van der Waals surface area (Å²) in [4.78, 5) is 0. The zero-order valence-corrected chi connectivity index (χ0v) is 12.8. The Balaban J connectivity index is 2.16. The van der Waals surface area contributed by atoms with Gasteiger partial charge in [0.1, 0.15) is 5.88 Å². The van der Waals surface area contributed by atoms with Crippen molar-refractivity contribution in [2.24, 2.45) is 0 Å². The Labute approximate surface area is 134 Å². The molecule has 0 amide bonds. The van der Waals surface area contributed by atoms with Gasteiger partial charge in [0, 0.05) is 23.6 Å². The first-order valence-corrected chi connectivity index (χ1v) is 7.89. The number of para-hydroxylation sites is 1. The van der Waals surface area contributed by atoms with Crippen LogP contribution >= 0.6 is 11.6 Å². The van der Waals surface area contributed by atoms with E-state index >= 15 is 0 Å². The summed E-state index contributed by atoms with van der Waals surface area (Å²) in [6.45, 7) is 0. The third kappa shape index (κ3) is 2.06. The number of hydrogen-bond acceptors (Lipinski definition) is 0. The van der Waals surface area contributed by atoms with Gasteiger partial charge in [-0.15, -0.1) is 11.6 Å². The maximum Gasteiger partial charge on any atom is 0.219 e. The molecule has 0 aliphatic carbocycles. The second-order valence-electron chi connectivity index (χ2n) is 5.35. The molecular weight excluding hydrogens is 290 g/mol. The standard InChI is InChI=1S/C20H15ClN/c21-14-17-13-12-16-7-2-4-10-19(16)22(17)20-11-5-8-15-6-1-3-9-18(15)20/h1-13H,14H2/q+1. The van der Waals surface area contributed by atoms with Gasteiger partial charge in [0.2, 0.25) is 16.9 Å².